The molecule has 32 heavy (non-hydrogen) atoms. The van der Waals surface area contributed by atoms with Gasteiger partial charge in [0.25, 0.3) is 0 Å². The van der Waals surface area contributed by atoms with E-state index >= 15 is 0 Å². The normalized spacial score (nSPS) is 24.9. The monoisotopic (exact) mass is 436 g/mol. The first-order valence-electron chi connectivity index (χ1n) is 11.3. The lowest BCUT2D eigenvalue weighted by Crippen LogP contribution is -2.45. The Kier molecular flexibility index (Phi) is 5.59. The van der Waals surface area contributed by atoms with Crippen molar-refractivity contribution in [1.29, 1.82) is 0 Å². The number of ether oxygens (including phenoxy) is 1. The summed E-state index contributed by atoms with van der Waals surface area (Å²) in [7, 11) is 3.98. The second-order valence-corrected chi connectivity index (χ2v) is 9.18. The smallest absolute Gasteiger partial charge is 0.340 e. The fourth-order valence-electron chi connectivity index (χ4n) is 5.25. The molecule has 2 amide bonds. The van der Waals surface area contributed by atoms with Crippen molar-refractivity contribution in [3.05, 3.63) is 65.5 Å². The number of carbonyl (C=O) groups is 1. The molecule has 3 aliphatic rings. The van der Waals surface area contributed by atoms with Gasteiger partial charge in [-0.05, 0) is 56.1 Å². The first-order valence-corrected chi connectivity index (χ1v) is 11.3. The Labute approximate surface area is 188 Å². The number of likely N-dealkylation sites (tertiary alicyclic amines) is 1. The number of piperidine rings is 1. The highest BCUT2D eigenvalue weighted by Crippen LogP contribution is 2.43. The molecule has 7 heteroatoms. The Hall–Kier alpha value is -2.93. The molecule has 0 spiro atoms. The molecule has 0 aromatic heterocycles. The zero-order chi connectivity index (χ0) is 22.2. The van der Waals surface area contributed by atoms with Crippen molar-refractivity contribution < 1.29 is 13.9 Å². The van der Waals surface area contributed by atoms with E-state index in [9.17, 15) is 9.18 Å². The van der Waals surface area contributed by atoms with E-state index in [2.05, 4.69) is 11.9 Å². The van der Waals surface area contributed by atoms with Gasteiger partial charge in [-0.25, -0.2) is 14.2 Å². The summed E-state index contributed by atoms with van der Waals surface area (Å²) in [6.45, 7) is 3.20. The summed E-state index contributed by atoms with van der Waals surface area (Å²) in [4.78, 5) is 17.7. The molecule has 6 nitrogen and oxygen atoms in total. The maximum absolute atomic E-state index is 14.0. The van der Waals surface area contributed by atoms with Gasteiger partial charge in [0.1, 0.15) is 11.6 Å². The predicted molar refractivity (Wildman–Crippen MR) is 121 cm³/mol. The van der Waals surface area contributed by atoms with E-state index in [0.29, 0.717) is 30.4 Å². The Bertz CT molecular complexity index is 1030. The van der Waals surface area contributed by atoms with Crippen LogP contribution in [-0.4, -0.2) is 66.9 Å². The van der Waals surface area contributed by atoms with Gasteiger partial charge < -0.3 is 14.5 Å². The maximum Gasteiger partial charge on any atom is 0.340 e. The standard InChI is InChI=1S/C25H29FN4O2/c1-28-12-6-7-17(14-28)15-29(2)25(31)30-24(18-8-4-3-5-9-18)21-16-32-22-11-10-19(26)13-20(22)23(21)27-30/h3-5,8-11,13,17,21,24H,6-7,12,14-16H2,1-2H3/t17-,21+,24+/m1/s1. The Morgan fingerprint density at radius 1 is 1.25 bits per heavy atom. The number of rotatable bonds is 3. The molecular formula is C25H29FN4O2. The van der Waals surface area contributed by atoms with E-state index in [-0.39, 0.29) is 23.8 Å². The molecule has 3 aliphatic heterocycles. The molecule has 2 aromatic carbocycles. The third kappa shape index (κ3) is 3.86. The van der Waals surface area contributed by atoms with Crippen molar-refractivity contribution in [3.8, 4) is 5.75 Å². The van der Waals surface area contributed by atoms with Crippen LogP contribution in [0.15, 0.2) is 53.6 Å². The minimum absolute atomic E-state index is 0.132. The van der Waals surface area contributed by atoms with E-state index in [1.54, 1.807) is 16.0 Å². The quantitative estimate of drug-likeness (QED) is 0.731. The van der Waals surface area contributed by atoms with Crippen LogP contribution >= 0.6 is 0 Å². The molecule has 0 bridgehead atoms. The van der Waals surface area contributed by atoms with E-state index < -0.39 is 0 Å². The summed E-state index contributed by atoms with van der Waals surface area (Å²) in [5, 5.41) is 6.37. The van der Waals surface area contributed by atoms with Crippen LogP contribution in [-0.2, 0) is 0 Å². The highest BCUT2D eigenvalue weighted by atomic mass is 19.1. The second kappa shape index (κ2) is 8.54. The first kappa shape index (κ1) is 20.9. The molecule has 168 valence electrons. The molecule has 3 heterocycles. The molecule has 0 unspecified atom stereocenters. The van der Waals surface area contributed by atoms with Crippen LogP contribution in [0.2, 0.25) is 0 Å². The van der Waals surface area contributed by atoms with Gasteiger partial charge in [0, 0.05) is 25.7 Å². The lowest BCUT2D eigenvalue weighted by atomic mass is 9.86. The summed E-state index contributed by atoms with van der Waals surface area (Å²) in [5.74, 6) is 0.579. The van der Waals surface area contributed by atoms with E-state index in [1.807, 2.05) is 37.4 Å². The van der Waals surface area contributed by atoms with Crippen molar-refractivity contribution in [2.24, 2.45) is 16.9 Å². The number of halogens is 1. The van der Waals surface area contributed by atoms with Crippen LogP contribution in [0.3, 0.4) is 0 Å². The molecular weight excluding hydrogens is 407 g/mol. The fraction of sp³-hybridized carbons (Fsp3) is 0.440. The summed E-state index contributed by atoms with van der Waals surface area (Å²) < 4.78 is 20.0. The zero-order valence-electron chi connectivity index (χ0n) is 18.6. The summed E-state index contributed by atoms with van der Waals surface area (Å²) >= 11 is 0. The average Bonchev–Trinajstić information content (AvgIpc) is 3.19. The average molecular weight is 437 g/mol. The van der Waals surface area contributed by atoms with Gasteiger partial charge in [-0.2, -0.15) is 5.10 Å². The van der Waals surface area contributed by atoms with Gasteiger partial charge in [0.2, 0.25) is 0 Å². The Morgan fingerprint density at radius 2 is 2.06 bits per heavy atom. The van der Waals surface area contributed by atoms with Gasteiger partial charge in [0.05, 0.1) is 24.3 Å². The Balaban J connectivity index is 1.46. The molecule has 3 atom stereocenters. The van der Waals surface area contributed by atoms with Crippen LogP contribution in [0.1, 0.15) is 30.0 Å². The van der Waals surface area contributed by atoms with Crippen LogP contribution in [0.5, 0.6) is 5.75 Å². The first-order chi connectivity index (χ1) is 15.5. The zero-order valence-corrected chi connectivity index (χ0v) is 18.6. The summed E-state index contributed by atoms with van der Waals surface area (Å²) in [5.41, 5.74) is 2.35. The van der Waals surface area contributed by atoms with Gasteiger partial charge in [-0.1, -0.05) is 30.3 Å². The number of benzene rings is 2. The lowest BCUT2D eigenvalue weighted by Gasteiger charge is -2.35. The third-order valence-electron chi connectivity index (χ3n) is 6.77. The fourth-order valence-corrected chi connectivity index (χ4v) is 5.25. The summed E-state index contributed by atoms with van der Waals surface area (Å²) in [6.07, 6.45) is 2.28. The van der Waals surface area contributed by atoms with E-state index in [4.69, 9.17) is 9.84 Å². The molecule has 2 aromatic rings. The molecule has 5 rings (SSSR count). The van der Waals surface area contributed by atoms with Crippen LogP contribution in [0, 0.1) is 17.7 Å². The number of urea groups is 1. The number of hydrogen-bond donors (Lipinski definition) is 0. The number of hydrazone groups is 1. The van der Waals surface area contributed by atoms with Gasteiger partial charge in [0.15, 0.2) is 0 Å². The van der Waals surface area contributed by atoms with Crippen molar-refractivity contribution in [1.82, 2.24) is 14.8 Å². The molecule has 1 saturated heterocycles. The van der Waals surface area contributed by atoms with Crippen LogP contribution in [0.25, 0.3) is 0 Å². The molecule has 0 radical (unpaired) electrons. The molecule has 0 N–H and O–H groups in total. The minimum Gasteiger partial charge on any atom is -0.492 e. The molecule has 1 fully saturated rings. The topological polar surface area (TPSA) is 48.4 Å². The van der Waals surface area contributed by atoms with Crippen LogP contribution in [0.4, 0.5) is 9.18 Å². The van der Waals surface area contributed by atoms with Crippen molar-refractivity contribution in [2.45, 2.75) is 18.9 Å². The highest BCUT2D eigenvalue weighted by Gasteiger charge is 2.46. The SMILES string of the molecule is CN1CCC[C@@H](CN(C)C(=O)N2N=C3c4cc(F)ccc4OC[C@@H]3[C@@H]2c2ccccc2)C1. The predicted octanol–water partition coefficient (Wildman–Crippen LogP) is 3.99. The highest BCUT2D eigenvalue weighted by molar-refractivity contribution is 6.07. The van der Waals surface area contributed by atoms with Crippen molar-refractivity contribution >= 4 is 11.7 Å². The van der Waals surface area contributed by atoms with Gasteiger partial charge in [-0.3, -0.25) is 0 Å². The van der Waals surface area contributed by atoms with E-state index in [1.165, 1.54) is 12.1 Å². The maximum atomic E-state index is 14.0. The van der Waals surface area contributed by atoms with Gasteiger partial charge >= 0.3 is 6.03 Å². The second-order valence-electron chi connectivity index (χ2n) is 9.18. The van der Waals surface area contributed by atoms with Crippen LogP contribution < -0.4 is 4.74 Å². The summed E-state index contributed by atoms with van der Waals surface area (Å²) in [6, 6.07) is 14.0. The van der Waals surface area contributed by atoms with Crippen molar-refractivity contribution in [3.63, 3.8) is 0 Å². The Morgan fingerprint density at radius 3 is 2.84 bits per heavy atom. The molecule has 0 aliphatic carbocycles. The largest absolute Gasteiger partial charge is 0.492 e. The lowest BCUT2D eigenvalue weighted by molar-refractivity contribution is 0.118. The third-order valence-corrected chi connectivity index (χ3v) is 6.77. The minimum atomic E-state index is -0.338. The van der Waals surface area contributed by atoms with E-state index in [0.717, 1.165) is 37.2 Å². The van der Waals surface area contributed by atoms with Crippen molar-refractivity contribution in [2.75, 3.05) is 40.3 Å². The van der Waals surface area contributed by atoms with Gasteiger partial charge in [-0.15, -0.1) is 0 Å². The number of carbonyl (C=O) groups excluding carboxylic acids is 1. The molecule has 0 saturated carbocycles. The number of fused-ring (bicyclic) bond motifs is 3. The number of amides is 2. The number of nitrogens with zero attached hydrogens (tertiary/aromatic N) is 4. The number of hydrogen-bond acceptors (Lipinski definition) is 4.